The molecule has 0 aliphatic carbocycles. The molecule has 100 valence electrons. The number of oxime groups is 1. The molecule has 7 nitrogen and oxygen atoms in total. The minimum Gasteiger partial charge on any atom is -0.409 e. The maximum Gasteiger partial charge on any atom is 0.261 e. The van der Waals surface area contributed by atoms with E-state index in [1.54, 1.807) is 29.4 Å². The van der Waals surface area contributed by atoms with Crippen molar-refractivity contribution in [2.75, 3.05) is 0 Å². The van der Waals surface area contributed by atoms with Crippen LogP contribution in [0.2, 0.25) is 0 Å². The highest BCUT2D eigenvalue weighted by Gasteiger charge is 2.07. The van der Waals surface area contributed by atoms with Crippen molar-refractivity contribution in [3.05, 3.63) is 53.0 Å². The van der Waals surface area contributed by atoms with Crippen LogP contribution in [0.3, 0.4) is 0 Å². The summed E-state index contributed by atoms with van der Waals surface area (Å²) in [5, 5.41) is 11.5. The molecule has 0 spiro atoms. The van der Waals surface area contributed by atoms with Gasteiger partial charge in [0.05, 0.1) is 11.9 Å². The maximum atomic E-state index is 12.0. The molecule has 2 heterocycles. The van der Waals surface area contributed by atoms with Crippen LogP contribution in [0.25, 0.3) is 0 Å². The summed E-state index contributed by atoms with van der Waals surface area (Å²) in [6.07, 6.45) is 7.79. The van der Waals surface area contributed by atoms with E-state index in [0.29, 0.717) is 6.54 Å². The molecule has 0 saturated heterocycles. The van der Waals surface area contributed by atoms with Gasteiger partial charge in [-0.2, -0.15) is 0 Å². The zero-order valence-electron chi connectivity index (χ0n) is 10.3. The van der Waals surface area contributed by atoms with Crippen molar-refractivity contribution in [2.24, 2.45) is 10.9 Å². The van der Waals surface area contributed by atoms with Gasteiger partial charge in [-0.15, -0.1) is 0 Å². The number of rotatable bonds is 5. The van der Waals surface area contributed by atoms with E-state index in [1.807, 2.05) is 10.8 Å². The standard InChI is InChI=1S/C12H15N5O2/c13-11(15-19)10-3-1-6-17(12(10)18)7-2-5-16-8-4-14-9-16/h1,3-4,6,8-9,19H,2,5,7H2,(H2,13,15). The summed E-state index contributed by atoms with van der Waals surface area (Å²) in [7, 11) is 0. The van der Waals surface area contributed by atoms with Crippen LogP contribution >= 0.6 is 0 Å². The van der Waals surface area contributed by atoms with E-state index >= 15 is 0 Å². The first-order valence-electron chi connectivity index (χ1n) is 5.85. The number of pyridine rings is 1. The first-order valence-corrected chi connectivity index (χ1v) is 5.85. The van der Waals surface area contributed by atoms with Gasteiger partial charge in [-0.25, -0.2) is 4.98 Å². The molecule has 0 unspecified atom stereocenters. The monoisotopic (exact) mass is 261 g/mol. The molecule has 0 aliphatic rings. The number of imidazole rings is 1. The van der Waals surface area contributed by atoms with Gasteiger partial charge in [0.2, 0.25) is 0 Å². The van der Waals surface area contributed by atoms with Crippen LogP contribution in [0.1, 0.15) is 12.0 Å². The molecular formula is C12H15N5O2. The quantitative estimate of drug-likeness (QED) is 0.348. The first kappa shape index (κ1) is 12.9. The van der Waals surface area contributed by atoms with Crippen LogP contribution < -0.4 is 11.3 Å². The van der Waals surface area contributed by atoms with Gasteiger partial charge >= 0.3 is 0 Å². The van der Waals surface area contributed by atoms with Gasteiger partial charge in [-0.1, -0.05) is 5.16 Å². The lowest BCUT2D eigenvalue weighted by Crippen LogP contribution is -2.29. The Bertz CT molecular complexity index is 615. The summed E-state index contributed by atoms with van der Waals surface area (Å²) in [6, 6.07) is 3.23. The Balaban J connectivity index is 2.07. The molecule has 19 heavy (non-hydrogen) atoms. The molecule has 0 amide bonds. The number of nitrogens with zero attached hydrogens (tertiary/aromatic N) is 4. The lowest BCUT2D eigenvalue weighted by molar-refractivity contribution is 0.318. The number of aryl methyl sites for hydroxylation is 2. The third kappa shape index (κ3) is 3.01. The minimum absolute atomic E-state index is 0.172. The average molecular weight is 261 g/mol. The number of hydrogen-bond acceptors (Lipinski definition) is 4. The second-order valence-corrected chi connectivity index (χ2v) is 4.06. The summed E-state index contributed by atoms with van der Waals surface area (Å²) in [4.78, 5) is 16.0. The number of aromatic nitrogens is 3. The van der Waals surface area contributed by atoms with E-state index in [-0.39, 0.29) is 17.0 Å². The van der Waals surface area contributed by atoms with Crippen LogP contribution in [0.15, 0.2) is 47.0 Å². The average Bonchev–Trinajstić information content (AvgIpc) is 2.93. The number of amidine groups is 1. The van der Waals surface area contributed by atoms with Crippen LogP contribution in [-0.2, 0) is 13.1 Å². The Morgan fingerprint density at radius 2 is 2.26 bits per heavy atom. The van der Waals surface area contributed by atoms with Gasteiger partial charge < -0.3 is 20.1 Å². The molecule has 0 saturated carbocycles. The fourth-order valence-electron chi connectivity index (χ4n) is 1.80. The Labute approximate surface area is 109 Å². The molecular weight excluding hydrogens is 246 g/mol. The molecule has 2 aromatic rings. The predicted molar refractivity (Wildman–Crippen MR) is 70.1 cm³/mol. The zero-order valence-corrected chi connectivity index (χ0v) is 10.3. The van der Waals surface area contributed by atoms with Crippen LogP contribution in [-0.4, -0.2) is 25.2 Å². The first-order chi connectivity index (χ1) is 9.22. The van der Waals surface area contributed by atoms with E-state index in [2.05, 4.69) is 10.1 Å². The van der Waals surface area contributed by atoms with Gasteiger partial charge in [0.1, 0.15) is 0 Å². The Kier molecular flexibility index (Phi) is 3.97. The highest BCUT2D eigenvalue weighted by atomic mass is 16.4. The van der Waals surface area contributed by atoms with Crippen molar-refractivity contribution in [1.82, 2.24) is 14.1 Å². The summed E-state index contributed by atoms with van der Waals surface area (Å²) >= 11 is 0. The predicted octanol–water partition coefficient (Wildman–Crippen LogP) is 0.230. The molecule has 2 rings (SSSR count). The summed E-state index contributed by atoms with van der Waals surface area (Å²) < 4.78 is 3.49. The van der Waals surface area contributed by atoms with Crippen molar-refractivity contribution < 1.29 is 5.21 Å². The highest BCUT2D eigenvalue weighted by Crippen LogP contribution is 1.96. The largest absolute Gasteiger partial charge is 0.409 e. The zero-order chi connectivity index (χ0) is 13.7. The molecule has 0 aliphatic heterocycles. The molecule has 0 aromatic carbocycles. The Morgan fingerprint density at radius 3 is 2.95 bits per heavy atom. The third-order valence-electron chi connectivity index (χ3n) is 2.78. The molecule has 0 bridgehead atoms. The summed E-state index contributed by atoms with van der Waals surface area (Å²) in [5.74, 6) is -0.172. The van der Waals surface area contributed by atoms with Crippen LogP contribution in [0.5, 0.6) is 0 Å². The van der Waals surface area contributed by atoms with Gasteiger partial charge in [-0.05, 0) is 18.6 Å². The second-order valence-electron chi connectivity index (χ2n) is 4.06. The van der Waals surface area contributed by atoms with Crippen molar-refractivity contribution in [1.29, 1.82) is 0 Å². The third-order valence-corrected chi connectivity index (χ3v) is 2.78. The number of hydrogen-bond donors (Lipinski definition) is 2. The molecule has 0 fully saturated rings. The maximum absolute atomic E-state index is 12.0. The van der Waals surface area contributed by atoms with Gasteiger partial charge in [-0.3, -0.25) is 4.79 Å². The van der Waals surface area contributed by atoms with Crippen LogP contribution in [0, 0.1) is 0 Å². The summed E-state index contributed by atoms with van der Waals surface area (Å²) in [6.45, 7) is 1.34. The van der Waals surface area contributed by atoms with E-state index in [1.165, 1.54) is 6.07 Å². The molecule has 0 radical (unpaired) electrons. The van der Waals surface area contributed by atoms with Gasteiger partial charge in [0, 0.05) is 31.7 Å². The van der Waals surface area contributed by atoms with E-state index in [9.17, 15) is 4.79 Å². The Morgan fingerprint density at radius 1 is 1.42 bits per heavy atom. The second kappa shape index (κ2) is 5.85. The smallest absolute Gasteiger partial charge is 0.261 e. The van der Waals surface area contributed by atoms with E-state index in [4.69, 9.17) is 10.9 Å². The van der Waals surface area contributed by atoms with Crippen molar-refractivity contribution >= 4 is 5.84 Å². The molecule has 7 heteroatoms. The highest BCUT2D eigenvalue weighted by molar-refractivity contribution is 5.96. The lowest BCUT2D eigenvalue weighted by Gasteiger charge is -2.07. The van der Waals surface area contributed by atoms with Gasteiger partial charge in [0.15, 0.2) is 5.84 Å². The van der Waals surface area contributed by atoms with E-state index in [0.717, 1.165) is 13.0 Å². The van der Waals surface area contributed by atoms with Crippen molar-refractivity contribution in [2.45, 2.75) is 19.5 Å². The van der Waals surface area contributed by atoms with Gasteiger partial charge in [0.25, 0.3) is 5.56 Å². The molecule has 0 atom stereocenters. The topological polar surface area (TPSA) is 98.4 Å². The Hall–Kier alpha value is -2.57. The SMILES string of the molecule is N/C(=N/O)c1cccn(CCCn2ccnc2)c1=O. The number of nitrogens with two attached hydrogens (primary N) is 1. The fraction of sp³-hybridized carbons (Fsp3) is 0.250. The van der Waals surface area contributed by atoms with Crippen LogP contribution in [0.4, 0.5) is 0 Å². The lowest BCUT2D eigenvalue weighted by atomic mass is 10.2. The van der Waals surface area contributed by atoms with E-state index < -0.39 is 0 Å². The normalized spacial score (nSPS) is 11.7. The summed E-state index contributed by atoms with van der Waals surface area (Å²) in [5.41, 5.74) is 5.38. The molecule has 2 aromatic heterocycles. The minimum atomic E-state index is -0.261. The fourth-order valence-corrected chi connectivity index (χ4v) is 1.80. The van der Waals surface area contributed by atoms with Crippen molar-refractivity contribution in [3.8, 4) is 0 Å². The van der Waals surface area contributed by atoms with Crippen molar-refractivity contribution in [3.63, 3.8) is 0 Å². The molecule has 3 N–H and O–H groups in total.